The number of carbonyl (C=O) groups is 1. The zero-order valence-corrected chi connectivity index (χ0v) is 13.6. The molecule has 0 bridgehead atoms. The van der Waals surface area contributed by atoms with Crippen molar-refractivity contribution in [1.82, 2.24) is 14.7 Å². The zero-order valence-electron chi connectivity index (χ0n) is 12.8. The van der Waals surface area contributed by atoms with Crippen molar-refractivity contribution in [2.75, 3.05) is 6.61 Å². The second kappa shape index (κ2) is 5.72. The number of fused-ring (bicyclic) bond motifs is 1. The van der Waals surface area contributed by atoms with Crippen molar-refractivity contribution < 1.29 is 9.53 Å². The molecule has 1 saturated carbocycles. The van der Waals surface area contributed by atoms with Gasteiger partial charge < -0.3 is 10.1 Å². The lowest BCUT2D eigenvalue weighted by atomic mass is 9.82. The highest BCUT2D eigenvalue weighted by Gasteiger charge is 2.41. The van der Waals surface area contributed by atoms with Gasteiger partial charge in [0.2, 0.25) is 0 Å². The van der Waals surface area contributed by atoms with Gasteiger partial charge in [0, 0.05) is 17.6 Å². The molecule has 0 radical (unpaired) electrons. The van der Waals surface area contributed by atoms with Crippen molar-refractivity contribution in [3.8, 4) is 0 Å². The minimum absolute atomic E-state index is 0.0122. The molecular formula is C16H19N3O3S. The number of ether oxygens (including phenoxy) is 1. The first kappa shape index (κ1) is 14.8. The normalized spacial score (nSPS) is 23.4. The Bertz CT molecular complexity index is 791. The Morgan fingerprint density at radius 1 is 1.39 bits per heavy atom. The highest BCUT2D eigenvalue weighted by molar-refractivity contribution is 7.15. The van der Waals surface area contributed by atoms with Gasteiger partial charge in [0.15, 0.2) is 4.96 Å². The second-order valence-corrected chi connectivity index (χ2v) is 7.34. The molecule has 23 heavy (non-hydrogen) atoms. The highest BCUT2D eigenvalue weighted by atomic mass is 32.1. The predicted molar refractivity (Wildman–Crippen MR) is 87.0 cm³/mol. The summed E-state index contributed by atoms with van der Waals surface area (Å²) in [6, 6.07) is 1.31. The van der Waals surface area contributed by atoms with Gasteiger partial charge in [-0.1, -0.05) is 19.3 Å². The number of hydrogen-bond acceptors (Lipinski definition) is 5. The molecule has 1 unspecified atom stereocenters. The smallest absolute Gasteiger partial charge is 0.274 e. The molecule has 1 N–H and O–H groups in total. The molecule has 1 spiro atoms. The van der Waals surface area contributed by atoms with Gasteiger partial charge in [0.1, 0.15) is 5.69 Å². The van der Waals surface area contributed by atoms with Crippen molar-refractivity contribution in [2.45, 2.75) is 50.2 Å². The van der Waals surface area contributed by atoms with E-state index in [2.05, 4.69) is 10.3 Å². The minimum Gasteiger partial charge on any atom is -0.373 e. The van der Waals surface area contributed by atoms with E-state index in [1.807, 2.05) is 5.38 Å². The van der Waals surface area contributed by atoms with E-state index in [1.165, 1.54) is 36.7 Å². The van der Waals surface area contributed by atoms with Crippen LogP contribution in [0, 0.1) is 0 Å². The molecule has 6 nitrogen and oxygen atoms in total. The van der Waals surface area contributed by atoms with Gasteiger partial charge in [-0.3, -0.25) is 14.0 Å². The molecule has 2 fully saturated rings. The van der Waals surface area contributed by atoms with Crippen LogP contribution < -0.4 is 10.9 Å². The summed E-state index contributed by atoms with van der Waals surface area (Å²) in [5.41, 5.74) is -0.0851. The van der Waals surface area contributed by atoms with Crippen molar-refractivity contribution in [3.05, 3.63) is 33.7 Å². The van der Waals surface area contributed by atoms with Gasteiger partial charge in [0.05, 0.1) is 18.2 Å². The summed E-state index contributed by atoms with van der Waals surface area (Å²) in [5, 5.41) is 4.84. The second-order valence-electron chi connectivity index (χ2n) is 6.46. The van der Waals surface area contributed by atoms with Crippen molar-refractivity contribution in [1.29, 1.82) is 0 Å². The third-order valence-electron chi connectivity index (χ3n) is 4.86. The lowest BCUT2D eigenvalue weighted by Gasteiger charge is -2.32. The van der Waals surface area contributed by atoms with Crippen LogP contribution >= 0.6 is 11.3 Å². The molecule has 2 aliphatic rings. The molecule has 3 heterocycles. The molecule has 122 valence electrons. The van der Waals surface area contributed by atoms with Crippen molar-refractivity contribution in [3.63, 3.8) is 0 Å². The summed E-state index contributed by atoms with van der Waals surface area (Å²) in [6.45, 7) is 0.554. The van der Waals surface area contributed by atoms with Crippen LogP contribution in [0.3, 0.4) is 0 Å². The summed E-state index contributed by atoms with van der Waals surface area (Å²) in [7, 11) is 0. The number of nitrogens with one attached hydrogen (secondary N) is 1. The number of amides is 1. The summed E-state index contributed by atoms with van der Waals surface area (Å²) in [6.07, 6.45) is 8.48. The van der Waals surface area contributed by atoms with Crippen LogP contribution in [-0.4, -0.2) is 33.5 Å². The zero-order chi connectivity index (χ0) is 15.9. The van der Waals surface area contributed by atoms with Gasteiger partial charge in [-0.15, -0.1) is 11.3 Å². The van der Waals surface area contributed by atoms with E-state index >= 15 is 0 Å². The van der Waals surface area contributed by atoms with Gasteiger partial charge in [-0.2, -0.15) is 4.98 Å². The topological polar surface area (TPSA) is 72.7 Å². The lowest BCUT2D eigenvalue weighted by molar-refractivity contribution is -0.0246. The molecule has 4 rings (SSSR count). The molecule has 2 aromatic heterocycles. The summed E-state index contributed by atoms with van der Waals surface area (Å²) in [5.74, 6) is -0.237. The van der Waals surface area contributed by atoms with Gasteiger partial charge in [0.25, 0.3) is 11.5 Å². The maximum absolute atomic E-state index is 12.6. The average molecular weight is 333 g/mol. The largest absolute Gasteiger partial charge is 0.373 e. The number of carbonyl (C=O) groups excluding carboxylic acids is 1. The maximum atomic E-state index is 12.6. The van der Waals surface area contributed by atoms with Crippen LogP contribution in [0.5, 0.6) is 0 Å². The molecular weight excluding hydrogens is 314 g/mol. The van der Waals surface area contributed by atoms with E-state index < -0.39 is 0 Å². The van der Waals surface area contributed by atoms with Crippen LogP contribution in [0.2, 0.25) is 0 Å². The average Bonchev–Trinajstić information content (AvgIpc) is 3.14. The van der Waals surface area contributed by atoms with Crippen molar-refractivity contribution >= 4 is 22.2 Å². The van der Waals surface area contributed by atoms with Crippen LogP contribution in [0.15, 0.2) is 22.4 Å². The van der Waals surface area contributed by atoms with E-state index in [0.717, 1.165) is 19.3 Å². The van der Waals surface area contributed by atoms with E-state index in [-0.39, 0.29) is 23.1 Å². The third-order valence-corrected chi connectivity index (χ3v) is 5.61. The third kappa shape index (κ3) is 2.79. The first-order chi connectivity index (χ1) is 11.2. The summed E-state index contributed by atoms with van der Waals surface area (Å²) >= 11 is 1.34. The molecule has 0 aromatic carbocycles. The van der Waals surface area contributed by atoms with E-state index in [4.69, 9.17) is 4.74 Å². The number of aromatic nitrogens is 2. The Hall–Kier alpha value is -1.73. The Balaban J connectivity index is 1.52. The maximum Gasteiger partial charge on any atom is 0.274 e. The fourth-order valence-electron chi connectivity index (χ4n) is 3.77. The molecule has 1 aliphatic heterocycles. The summed E-state index contributed by atoms with van der Waals surface area (Å²) < 4.78 is 7.69. The minimum atomic E-state index is -0.385. The van der Waals surface area contributed by atoms with Crippen LogP contribution in [0.25, 0.3) is 4.96 Å². The number of nitrogens with zero attached hydrogens (tertiary/aromatic N) is 2. The van der Waals surface area contributed by atoms with E-state index in [9.17, 15) is 9.59 Å². The fraction of sp³-hybridized carbons (Fsp3) is 0.562. The van der Waals surface area contributed by atoms with Gasteiger partial charge >= 0.3 is 0 Å². The SMILES string of the molecule is O=C(NC1COC2(CCCCC2)C1)c1cc(=O)nc2sccn12. The van der Waals surface area contributed by atoms with Gasteiger partial charge in [-0.05, 0) is 19.3 Å². The quantitative estimate of drug-likeness (QED) is 0.912. The molecule has 7 heteroatoms. The first-order valence-corrected chi connectivity index (χ1v) is 8.95. The number of rotatable bonds is 2. The summed E-state index contributed by atoms with van der Waals surface area (Å²) in [4.78, 5) is 28.7. The molecule has 1 amide bonds. The molecule has 1 atom stereocenters. The van der Waals surface area contributed by atoms with Crippen LogP contribution in [0.1, 0.15) is 49.0 Å². The van der Waals surface area contributed by atoms with E-state index in [0.29, 0.717) is 17.3 Å². The number of hydrogen-bond donors (Lipinski definition) is 1. The standard InChI is InChI=1S/C16H19N3O3S/c20-13-8-12(19-6-7-23-15(19)18-13)14(21)17-11-9-16(22-10-11)4-2-1-3-5-16/h6-8,11H,1-5,9-10H2,(H,17,21). The van der Waals surface area contributed by atoms with E-state index in [1.54, 1.807) is 10.6 Å². The Kier molecular flexibility index (Phi) is 3.69. The highest BCUT2D eigenvalue weighted by Crippen LogP contribution is 2.39. The lowest BCUT2D eigenvalue weighted by Crippen LogP contribution is -2.38. The molecule has 1 saturated heterocycles. The van der Waals surface area contributed by atoms with Crippen LogP contribution in [-0.2, 0) is 4.74 Å². The Labute approximate surface area is 137 Å². The molecule has 2 aromatic rings. The monoisotopic (exact) mass is 333 g/mol. The Morgan fingerprint density at radius 3 is 3.04 bits per heavy atom. The first-order valence-electron chi connectivity index (χ1n) is 8.07. The Morgan fingerprint density at radius 2 is 2.22 bits per heavy atom. The fourth-order valence-corrected chi connectivity index (χ4v) is 4.48. The van der Waals surface area contributed by atoms with Crippen molar-refractivity contribution in [2.24, 2.45) is 0 Å². The van der Waals surface area contributed by atoms with Crippen LogP contribution in [0.4, 0.5) is 0 Å². The predicted octanol–water partition coefficient (Wildman–Crippen LogP) is 1.98. The number of thiazole rings is 1. The van der Waals surface area contributed by atoms with Gasteiger partial charge in [-0.25, -0.2) is 0 Å². The molecule has 1 aliphatic carbocycles.